The molecule has 1 atom stereocenters. The predicted molar refractivity (Wildman–Crippen MR) is 70.6 cm³/mol. The van der Waals surface area contributed by atoms with E-state index in [4.69, 9.17) is 10.8 Å². The molecule has 5 nitrogen and oxygen atoms in total. The average Bonchev–Trinajstić information content (AvgIpc) is 2.39. The Hall–Kier alpha value is -1.88. The SMILES string of the molecule is NC(=O)C1CCCCN1Cc1cccc(C(=O)O)c1. The highest BCUT2D eigenvalue weighted by Crippen LogP contribution is 2.19. The summed E-state index contributed by atoms with van der Waals surface area (Å²) in [6.07, 6.45) is 2.84. The van der Waals surface area contributed by atoms with Crippen molar-refractivity contribution >= 4 is 11.9 Å². The Morgan fingerprint density at radius 2 is 2.16 bits per heavy atom. The number of carboxylic acid groups (broad SMARTS) is 1. The van der Waals surface area contributed by atoms with E-state index in [1.54, 1.807) is 18.2 Å². The number of primary amides is 1. The molecule has 0 aliphatic carbocycles. The van der Waals surface area contributed by atoms with E-state index in [2.05, 4.69) is 0 Å². The molecule has 102 valence electrons. The molecule has 5 heteroatoms. The lowest BCUT2D eigenvalue weighted by Crippen LogP contribution is -2.47. The van der Waals surface area contributed by atoms with Gasteiger partial charge in [0.2, 0.25) is 5.91 Å². The molecule has 0 aromatic heterocycles. The molecule has 1 unspecified atom stereocenters. The van der Waals surface area contributed by atoms with E-state index in [1.165, 1.54) is 0 Å². The molecule has 1 amide bonds. The topological polar surface area (TPSA) is 83.6 Å². The van der Waals surface area contributed by atoms with Crippen LogP contribution in [-0.2, 0) is 11.3 Å². The Labute approximate surface area is 112 Å². The number of hydrogen-bond donors (Lipinski definition) is 2. The number of rotatable bonds is 4. The summed E-state index contributed by atoms with van der Waals surface area (Å²) in [6, 6.07) is 6.58. The molecule has 19 heavy (non-hydrogen) atoms. The molecule has 1 saturated heterocycles. The number of nitrogens with zero attached hydrogens (tertiary/aromatic N) is 1. The fourth-order valence-electron chi connectivity index (χ4n) is 2.54. The summed E-state index contributed by atoms with van der Waals surface area (Å²) in [7, 11) is 0. The Bertz CT molecular complexity index is 487. The van der Waals surface area contributed by atoms with E-state index in [9.17, 15) is 9.59 Å². The maximum Gasteiger partial charge on any atom is 0.335 e. The number of carbonyl (C=O) groups is 2. The van der Waals surface area contributed by atoms with Gasteiger partial charge in [-0.1, -0.05) is 18.6 Å². The number of hydrogen-bond acceptors (Lipinski definition) is 3. The highest BCUT2D eigenvalue weighted by atomic mass is 16.4. The number of carbonyl (C=O) groups excluding carboxylic acids is 1. The standard InChI is InChI=1S/C14H18N2O3/c15-13(17)12-6-1-2-7-16(12)9-10-4-3-5-11(8-10)14(18)19/h3-5,8,12H,1-2,6-7,9H2,(H2,15,17)(H,18,19). The largest absolute Gasteiger partial charge is 0.478 e. The van der Waals surface area contributed by atoms with Crippen LogP contribution in [0.4, 0.5) is 0 Å². The lowest BCUT2D eigenvalue weighted by molar-refractivity contribution is -0.124. The van der Waals surface area contributed by atoms with Crippen LogP contribution in [0.2, 0.25) is 0 Å². The molecule has 0 radical (unpaired) electrons. The number of nitrogens with two attached hydrogens (primary N) is 1. The van der Waals surface area contributed by atoms with Crippen molar-refractivity contribution in [2.75, 3.05) is 6.54 Å². The monoisotopic (exact) mass is 262 g/mol. The van der Waals surface area contributed by atoms with Crippen LogP contribution in [0.1, 0.15) is 35.2 Å². The minimum atomic E-state index is -0.938. The van der Waals surface area contributed by atoms with Crippen molar-refractivity contribution in [2.45, 2.75) is 31.8 Å². The first-order chi connectivity index (χ1) is 9.08. The molecule has 1 heterocycles. The number of aromatic carboxylic acids is 1. The zero-order valence-electron chi connectivity index (χ0n) is 10.7. The van der Waals surface area contributed by atoms with Crippen LogP contribution in [0.25, 0.3) is 0 Å². The molecule has 2 rings (SSSR count). The highest BCUT2D eigenvalue weighted by Gasteiger charge is 2.26. The molecule has 0 spiro atoms. The smallest absolute Gasteiger partial charge is 0.335 e. The van der Waals surface area contributed by atoms with E-state index >= 15 is 0 Å². The summed E-state index contributed by atoms with van der Waals surface area (Å²) in [6.45, 7) is 1.39. The molecular weight excluding hydrogens is 244 g/mol. The molecule has 0 bridgehead atoms. The summed E-state index contributed by atoms with van der Waals surface area (Å²) in [5.41, 5.74) is 6.58. The second-order valence-electron chi connectivity index (χ2n) is 4.89. The van der Waals surface area contributed by atoms with Crippen molar-refractivity contribution in [3.05, 3.63) is 35.4 Å². The zero-order valence-corrected chi connectivity index (χ0v) is 10.7. The van der Waals surface area contributed by atoms with Gasteiger partial charge in [-0.15, -0.1) is 0 Å². The molecule has 1 fully saturated rings. The van der Waals surface area contributed by atoms with Gasteiger partial charge in [-0.3, -0.25) is 9.69 Å². The van der Waals surface area contributed by atoms with E-state index in [0.717, 1.165) is 31.4 Å². The fourth-order valence-corrected chi connectivity index (χ4v) is 2.54. The summed E-state index contributed by atoms with van der Waals surface area (Å²) < 4.78 is 0. The van der Waals surface area contributed by atoms with Gasteiger partial charge < -0.3 is 10.8 Å². The first-order valence-corrected chi connectivity index (χ1v) is 6.43. The second kappa shape index (κ2) is 5.84. The molecule has 3 N–H and O–H groups in total. The Morgan fingerprint density at radius 3 is 2.84 bits per heavy atom. The van der Waals surface area contributed by atoms with Gasteiger partial charge in [0.1, 0.15) is 0 Å². The third-order valence-electron chi connectivity index (χ3n) is 3.50. The number of carboxylic acids is 1. The van der Waals surface area contributed by atoms with Gasteiger partial charge in [0.05, 0.1) is 11.6 Å². The predicted octanol–water partition coefficient (Wildman–Crippen LogP) is 1.22. The van der Waals surface area contributed by atoms with Crippen LogP contribution in [0, 0.1) is 0 Å². The van der Waals surface area contributed by atoms with Gasteiger partial charge in [-0.2, -0.15) is 0 Å². The van der Waals surface area contributed by atoms with Crippen molar-refractivity contribution in [2.24, 2.45) is 5.73 Å². The van der Waals surface area contributed by atoms with E-state index in [0.29, 0.717) is 6.54 Å². The van der Waals surface area contributed by atoms with Gasteiger partial charge in [0, 0.05) is 6.54 Å². The summed E-state index contributed by atoms with van der Waals surface area (Å²) >= 11 is 0. The van der Waals surface area contributed by atoms with Crippen LogP contribution in [0.3, 0.4) is 0 Å². The highest BCUT2D eigenvalue weighted by molar-refractivity contribution is 5.87. The van der Waals surface area contributed by atoms with Gasteiger partial charge in [-0.05, 0) is 37.1 Å². The minimum Gasteiger partial charge on any atom is -0.478 e. The van der Waals surface area contributed by atoms with Crippen LogP contribution in [-0.4, -0.2) is 34.5 Å². The van der Waals surface area contributed by atoms with Crippen molar-refractivity contribution in [1.82, 2.24) is 4.90 Å². The fraction of sp³-hybridized carbons (Fsp3) is 0.429. The number of benzene rings is 1. The van der Waals surface area contributed by atoms with Crippen molar-refractivity contribution < 1.29 is 14.7 Å². The Kier molecular flexibility index (Phi) is 4.16. The van der Waals surface area contributed by atoms with Crippen molar-refractivity contribution in [3.8, 4) is 0 Å². The number of likely N-dealkylation sites (tertiary alicyclic amines) is 1. The summed E-state index contributed by atoms with van der Waals surface area (Å²) in [4.78, 5) is 24.4. The van der Waals surface area contributed by atoms with Crippen molar-refractivity contribution in [1.29, 1.82) is 0 Å². The third-order valence-corrected chi connectivity index (χ3v) is 3.50. The third kappa shape index (κ3) is 3.32. The second-order valence-corrected chi connectivity index (χ2v) is 4.89. The van der Waals surface area contributed by atoms with Crippen LogP contribution >= 0.6 is 0 Å². The maximum absolute atomic E-state index is 11.4. The molecule has 1 aliphatic heterocycles. The lowest BCUT2D eigenvalue weighted by atomic mass is 10.0. The number of piperidine rings is 1. The van der Waals surface area contributed by atoms with Gasteiger partial charge >= 0.3 is 5.97 Å². The normalized spacial score (nSPS) is 20.1. The van der Waals surface area contributed by atoms with Gasteiger partial charge in [0.25, 0.3) is 0 Å². The van der Waals surface area contributed by atoms with Crippen LogP contribution < -0.4 is 5.73 Å². The van der Waals surface area contributed by atoms with E-state index in [1.807, 2.05) is 11.0 Å². The minimum absolute atomic E-state index is 0.234. The lowest BCUT2D eigenvalue weighted by Gasteiger charge is -2.33. The quantitative estimate of drug-likeness (QED) is 0.854. The molecular formula is C14H18N2O3. The summed E-state index contributed by atoms with van der Waals surface area (Å²) in [5, 5.41) is 8.97. The van der Waals surface area contributed by atoms with Crippen LogP contribution in [0.15, 0.2) is 24.3 Å². The van der Waals surface area contributed by atoms with Crippen molar-refractivity contribution in [3.63, 3.8) is 0 Å². The molecule has 0 saturated carbocycles. The molecule has 1 aromatic rings. The van der Waals surface area contributed by atoms with E-state index < -0.39 is 5.97 Å². The maximum atomic E-state index is 11.4. The molecule has 1 aromatic carbocycles. The summed E-state index contributed by atoms with van der Waals surface area (Å²) in [5.74, 6) is -1.24. The average molecular weight is 262 g/mol. The van der Waals surface area contributed by atoms with Crippen LogP contribution in [0.5, 0.6) is 0 Å². The zero-order chi connectivity index (χ0) is 13.8. The van der Waals surface area contributed by atoms with E-state index in [-0.39, 0.29) is 17.5 Å². The molecule has 1 aliphatic rings. The first kappa shape index (κ1) is 13.5. The Morgan fingerprint density at radius 1 is 1.37 bits per heavy atom. The first-order valence-electron chi connectivity index (χ1n) is 6.43. The number of amides is 1. The Balaban J connectivity index is 2.12. The van der Waals surface area contributed by atoms with Gasteiger partial charge in [-0.25, -0.2) is 4.79 Å². The van der Waals surface area contributed by atoms with Gasteiger partial charge in [0.15, 0.2) is 0 Å².